The number of nitriles is 1. The van der Waals surface area contributed by atoms with Crippen molar-refractivity contribution in [2.45, 2.75) is 18.7 Å². The number of hydrogen-bond acceptors (Lipinski definition) is 5. The van der Waals surface area contributed by atoms with Gasteiger partial charge in [0, 0.05) is 5.69 Å². The van der Waals surface area contributed by atoms with E-state index in [1.165, 1.54) is 30.3 Å². The van der Waals surface area contributed by atoms with Gasteiger partial charge in [0.1, 0.15) is 22.3 Å². The third-order valence-corrected chi connectivity index (χ3v) is 5.61. The summed E-state index contributed by atoms with van der Waals surface area (Å²) < 4.78 is 29.9. The van der Waals surface area contributed by atoms with Gasteiger partial charge in [-0.15, -0.1) is 0 Å². The monoisotopic (exact) mass is 432 g/mol. The molecule has 1 amide bonds. The summed E-state index contributed by atoms with van der Waals surface area (Å²) in [6.45, 7) is 3.76. The van der Waals surface area contributed by atoms with Crippen molar-refractivity contribution in [3.63, 3.8) is 0 Å². The summed E-state index contributed by atoms with van der Waals surface area (Å²) in [5, 5.41) is 12.0. The minimum atomic E-state index is -3.95. The molecule has 0 heterocycles. The van der Waals surface area contributed by atoms with Crippen LogP contribution in [0.25, 0.3) is 6.08 Å². The Labute approximate surface area is 181 Å². The fourth-order valence-corrected chi connectivity index (χ4v) is 3.67. The lowest BCUT2D eigenvalue weighted by Crippen LogP contribution is -2.13. The number of hydrogen-bond donors (Lipinski definition) is 1. The van der Waals surface area contributed by atoms with Crippen molar-refractivity contribution >= 4 is 27.8 Å². The molecule has 0 fully saturated rings. The lowest BCUT2D eigenvalue weighted by atomic mass is 10.1. The zero-order chi connectivity index (χ0) is 22.4. The van der Waals surface area contributed by atoms with Crippen molar-refractivity contribution in [2.24, 2.45) is 0 Å². The van der Waals surface area contributed by atoms with E-state index in [0.29, 0.717) is 11.3 Å². The van der Waals surface area contributed by atoms with Crippen LogP contribution in [0.5, 0.6) is 5.75 Å². The van der Waals surface area contributed by atoms with Gasteiger partial charge in [0.2, 0.25) is 0 Å². The summed E-state index contributed by atoms with van der Waals surface area (Å²) in [7, 11) is -3.95. The standard InChI is InChI=1S/C24H20N2O4S/c1-17-6-12-23(13-7-17)31(28,29)30-22-10-8-19(9-11-22)15-20(16-25)24(27)26-21-5-3-4-18(2)14-21/h3-15H,1-2H3,(H,26,27)/b20-15+. The second-order valence-corrected chi connectivity index (χ2v) is 8.46. The highest BCUT2D eigenvalue weighted by Crippen LogP contribution is 2.21. The number of aryl methyl sites for hydroxylation is 2. The molecule has 0 spiro atoms. The highest BCUT2D eigenvalue weighted by molar-refractivity contribution is 7.87. The second-order valence-electron chi connectivity index (χ2n) is 6.91. The fraction of sp³-hybridized carbons (Fsp3) is 0.0833. The predicted molar refractivity (Wildman–Crippen MR) is 119 cm³/mol. The van der Waals surface area contributed by atoms with E-state index in [9.17, 15) is 18.5 Å². The Hall–Kier alpha value is -3.89. The largest absolute Gasteiger partial charge is 0.379 e. The maximum Gasteiger partial charge on any atom is 0.339 e. The molecule has 0 unspecified atom stereocenters. The molecule has 0 saturated carbocycles. The van der Waals surface area contributed by atoms with Gasteiger partial charge in [-0.3, -0.25) is 4.79 Å². The molecule has 6 nitrogen and oxygen atoms in total. The highest BCUT2D eigenvalue weighted by Gasteiger charge is 2.16. The summed E-state index contributed by atoms with van der Waals surface area (Å²) in [5.41, 5.74) is 2.99. The number of amides is 1. The molecule has 0 radical (unpaired) electrons. The van der Waals surface area contributed by atoms with Crippen LogP contribution in [0.3, 0.4) is 0 Å². The Kier molecular flexibility index (Phi) is 6.53. The first-order valence-corrected chi connectivity index (χ1v) is 10.8. The van der Waals surface area contributed by atoms with Gasteiger partial charge in [0.05, 0.1) is 0 Å². The Balaban J connectivity index is 1.73. The van der Waals surface area contributed by atoms with Gasteiger partial charge in [-0.05, 0) is 67.4 Å². The summed E-state index contributed by atoms with van der Waals surface area (Å²) in [5.74, 6) is -0.407. The van der Waals surface area contributed by atoms with Crippen LogP contribution in [0.1, 0.15) is 16.7 Å². The van der Waals surface area contributed by atoms with Gasteiger partial charge in [0.25, 0.3) is 5.91 Å². The summed E-state index contributed by atoms with van der Waals surface area (Å²) in [6.07, 6.45) is 1.42. The maximum atomic E-state index is 12.4. The first kappa shape index (κ1) is 21.8. The predicted octanol–water partition coefficient (Wildman–Crippen LogP) is 4.62. The zero-order valence-corrected chi connectivity index (χ0v) is 17.8. The Morgan fingerprint density at radius 1 is 0.968 bits per heavy atom. The van der Waals surface area contributed by atoms with Crippen molar-refractivity contribution in [3.8, 4) is 11.8 Å². The van der Waals surface area contributed by atoms with Crippen molar-refractivity contribution in [3.05, 3.63) is 95.1 Å². The second kappa shape index (κ2) is 9.28. The van der Waals surface area contributed by atoms with Gasteiger partial charge in [-0.1, -0.05) is 42.0 Å². The van der Waals surface area contributed by atoms with Crippen LogP contribution < -0.4 is 9.50 Å². The molecular formula is C24H20N2O4S. The Morgan fingerprint density at radius 3 is 2.26 bits per heavy atom. The van der Waals surface area contributed by atoms with Crippen LogP contribution in [-0.2, 0) is 14.9 Å². The van der Waals surface area contributed by atoms with E-state index in [1.54, 1.807) is 36.4 Å². The van der Waals surface area contributed by atoms with E-state index in [-0.39, 0.29) is 16.2 Å². The van der Waals surface area contributed by atoms with Crippen molar-refractivity contribution in [1.29, 1.82) is 5.26 Å². The maximum absolute atomic E-state index is 12.4. The quantitative estimate of drug-likeness (QED) is 0.348. The van der Waals surface area contributed by atoms with Crippen LogP contribution in [0.15, 0.2) is 83.3 Å². The van der Waals surface area contributed by atoms with Crippen LogP contribution in [0.2, 0.25) is 0 Å². The molecule has 0 aliphatic rings. The summed E-state index contributed by atoms with van der Waals surface area (Å²) >= 11 is 0. The van der Waals surface area contributed by atoms with E-state index >= 15 is 0 Å². The molecule has 0 aliphatic carbocycles. The molecule has 3 aromatic rings. The van der Waals surface area contributed by atoms with Crippen LogP contribution >= 0.6 is 0 Å². The minimum absolute atomic E-state index is 0.0571. The third-order valence-electron chi connectivity index (χ3n) is 4.35. The minimum Gasteiger partial charge on any atom is -0.379 e. The third kappa shape index (κ3) is 5.81. The molecule has 0 atom stereocenters. The Bertz CT molecular complexity index is 1270. The van der Waals surface area contributed by atoms with Crippen LogP contribution in [0.4, 0.5) is 5.69 Å². The number of rotatable bonds is 6. The van der Waals surface area contributed by atoms with Crippen molar-refractivity contribution in [1.82, 2.24) is 0 Å². The fourth-order valence-electron chi connectivity index (χ4n) is 2.74. The van der Waals surface area contributed by atoms with E-state index in [2.05, 4.69) is 5.32 Å². The number of benzene rings is 3. The molecule has 0 aromatic heterocycles. The molecule has 3 aromatic carbocycles. The number of nitrogens with one attached hydrogen (secondary N) is 1. The summed E-state index contributed by atoms with van der Waals surface area (Å²) in [4.78, 5) is 12.4. The van der Waals surface area contributed by atoms with E-state index in [4.69, 9.17) is 4.18 Å². The topological polar surface area (TPSA) is 96.3 Å². The smallest absolute Gasteiger partial charge is 0.339 e. The molecule has 0 saturated heterocycles. The van der Waals surface area contributed by atoms with Gasteiger partial charge < -0.3 is 9.50 Å². The van der Waals surface area contributed by atoms with Crippen molar-refractivity contribution in [2.75, 3.05) is 5.32 Å². The molecule has 3 rings (SSSR count). The summed E-state index contributed by atoms with van der Waals surface area (Å²) in [6, 6.07) is 21.5. The highest BCUT2D eigenvalue weighted by atomic mass is 32.2. The molecule has 31 heavy (non-hydrogen) atoms. The van der Waals surface area contributed by atoms with Crippen LogP contribution in [-0.4, -0.2) is 14.3 Å². The Morgan fingerprint density at radius 2 is 1.65 bits per heavy atom. The molecule has 1 N–H and O–H groups in total. The normalized spacial score (nSPS) is 11.5. The molecule has 7 heteroatoms. The van der Waals surface area contributed by atoms with Gasteiger partial charge in [-0.2, -0.15) is 13.7 Å². The average molecular weight is 433 g/mol. The molecule has 0 aliphatic heterocycles. The van der Waals surface area contributed by atoms with E-state index < -0.39 is 16.0 Å². The number of anilines is 1. The van der Waals surface area contributed by atoms with E-state index in [1.807, 2.05) is 32.0 Å². The molecule has 0 bridgehead atoms. The number of nitrogens with zero attached hydrogens (tertiary/aromatic N) is 1. The van der Waals surface area contributed by atoms with Gasteiger partial charge in [0.15, 0.2) is 0 Å². The molecular weight excluding hydrogens is 412 g/mol. The van der Waals surface area contributed by atoms with Gasteiger partial charge in [-0.25, -0.2) is 0 Å². The first-order valence-electron chi connectivity index (χ1n) is 9.38. The lowest BCUT2D eigenvalue weighted by molar-refractivity contribution is -0.112. The lowest BCUT2D eigenvalue weighted by Gasteiger charge is -2.08. The van der Waals surface area contributed by atoms with E-state index in [0.717, 1.165) is 11.1 Å². The molecule has 156 valence electrons. The SMILES string of the molecule is Cc1ccc(S(=O)(=O)Oc2ccc(/C=C(\C#N)C(=O)Nc3cccc(C)c3)cc2)cc1. The van der Waals surface area contributed by atoms with Crippen LogP contribution in [0, 0.1) is 25.2 Å². The van der Waals surface area contributed by atoms with Gasteiger partial charge >= 0.3 is 10.1 Å². The zero-order valence-electron chi connectivity index (χ0n) is 17.0. The average Bonchev–Trinajstić information content (AvgIpc) is 2.73. The number of carbonyl (C=O) groups is 1. The number of carbonyl (C=O) groups excluding carboxylic acids is 1. The van der Waals surface area contributed by atoms with Crippen molar-refractivity contribution < 1.29 is 17.4 Å². The first-order chi connectivity index (χ1) is 14.8.